The first-order valence-electron chi connectivity index (χ1n) is 10.9. The summed E-state index contributed by atoms with van der Waals surface area (Å²) >= 11 is 1.51. The Labute approximate surface area is 192 Å². The lowest BCUT2D eigenvalue weighted by atomic mass is 9.91. The Balaban J connectivity index is 1.28. The third-order valence-corrected chi connectivity index (χ3v) is 7.17. The van der Waals surface area contributed by atoms with Crippen molar-refractivity contribution in [2.45, 2.75) is 26.0 Å². The highest BCUT2D eigenvalue weighted by atomic mass is 32.1. The zero-order chi connectivity index (χ0) is 22.3. The fourth-order valence-electron chi connectivity index (χ4n) is 4.49. The van der Waals surface area contributed by atoms with E-state index in [9.17, 15) is 4.79 Å². The maximum Gasteiger partial charge on any atom is 0.264 e. The van der Waals surface area contributed by atoms with E-state index in [-0.39, 0.29) is 5.91 Å². The van der Waals surface area contributed by atoms with Crippen LogP contribution in [-0.2, 0) is 12.1 Å². The van der Waals surface area contributed by atoms with Crippen molar-refractivity contribution in [3.05, 3.63) is 52.3 Å². The molecule has 32 heavy (non-hydrogen) atoms. The van der Waals surface area contributed by atoms with Gasteiger partial charge in [0.1, 0.15) is 17.1 Å². The van der Waals surface area contributed by atoms with E-state index in [2.05, 4.69) is 29.5 Å². The molecule has 8 heteroatoms. The van der Waals surface area contributed by atoms with Crippen LogP contribution in [0.3, 0.4) is 0 Å². The Morgan fingerprint density at radius 3 is 2.72 bits per heavy atom. The van der Waals surface area contributed by atoms with Crippen LogP contribution < -0.4 is 9.47 Å². The van der Waals surface area contributed by atoms with Crippen LogP contribution >= 0.6 is 11.3 Å². The first-order chi connectivity index (χ1) is 15.5. The third-order valence-electron chi connectivity index (χ3n) is 6.32. The van der Waals surface area contributed by atoms with Gasteiger partial charge in [0.15, 0.2) is 0 Å². The third kappa shape index (κ3) is 3.78. The van der Waals surface area contributed by atoms with E-state index in [0.717, 1.165) is 72.5 Å². The molecule has 5 rings (SSSR count). The first-order valence-corrected chi connectivity index (χ1v) is 11.8. The number of thiophene rings is 1. The van der Waals surface area contributed by atoms with Crippen LogP contribution in [0.2, 0.25) is 0 Å². The van der Waals surface area contributed by atoms with Crippen molar-refractivity contribution in [3.63, 3.8) is 0 Å². The summed E-state index contributed by atoms with van der Waals surface area (Å²) in [6, 6.07) is 9.79. The lowest BCUT2D eigenvalue weighted by molar-refractivity contribution is 0.0637. The minimum atomic E-state index is -0.458. The number of aromatic nitrogens is 2. The summed E-state index contributed by atoms with van der Waals surface area (Å²) in [7, 11) is 1.67. The van der Waals surface area contributed by atoms with Crippen molar-refractivity contribution in [2.24, 2.45) is 0 Å². The molecule has 1 aromatic carbocycles. The predicted molar refractivity (Wildman–Crippen MR) is 125 cm³/mol. The van der Waals surface area contributed by atoms with Gasteiger partial charge in [0.25, 0.3) is 5.91 Å². The smallest absolute Gasteiger partial charge is 0.264 e. The molecule has 0 atom stereocenters. The van der Waals surface area contributed by atoms with E-state index in [1.807, 2.05) is 40.7 Å². The molecule has 0 spiro atoms. The fraction of sp³-hybridized carbons (Fsp3) is 0.417. The second kappa shape index (κ2) is 8.26. The highest BCUT2D eigenvalue weighted by molar-refractivity contribution is 7.12. The lowest BCUT2D eigenvalue weighted by Crippen LogP contribution is -2.49. The summed E-state index contributed by atoms with van der Waals surface area (Å²) in [5.41, 5.74) is 2.80. The van der Waals surface area contributed by atoms with Crippen molar-refractivity contribution < 1.29 is 14.3 Å². The number of hydrogen-bond donors (Lipinski definition) is 0. The van der Waals surface area contributed by atoms with E-state index in [1.54, 1.807) is 7.11 Å². The Kier molecular flexibility index (Phi) is 5.43. The Morgan fingerprint density at radius 2 is 2.00 bits per heavy atom. The molecule has 168 valence electrons. The molecule has 2 aliphatic rings. The van der Waals surface area contributed by atoms with E-state index in [1.165, 1.54) is 11.3 Å². The van der Waals surface area contributed by atoms with E-state index in [0.29, 0.717) is 0 Å². The van der Waals surface area contributed by atoms with E-state index in [4.69, 9.17) is 14.6 Å². The number of carbonyl (C=O) groups excluding carboxylic acids is 1. The zero-order valence-corrected chi connectivity index (χ0v) is 19.5. The molecule has 2 aromatic heterocycles. The van der Waals surface area contributed by atoms with Gasteiger partial charge in [-0.2, -0.15) is 5.10 Å². The van der Waals surface area contributed by atoms with Gasteiger partial charge in [-0.25, -0.2) is 0 Å². The number of hydrogen-bond acceptors (Lipinski definition) is 6. The maximum absolute atomic E-state index is 12.6. The number of amides is 1. The summed E-state index contributed by atoms with van der Waals surface area (Å²) in [6.07, 6.45) is 1.93. The highest BCUT2D eigenvalue weighted by Crippen LogP contribution is 2.46. The maximum atomic E-state index is 12.6. The molecule has 0 bridgehead atoms. The number of nitrogens with zero attached hydrogens (tertiary/aromatic N) is 4. The number of rotatable bonds is 5. The van der Waals surface area contributed by atoms with Crippen LogP contribution in [0.4, 0.5) is 0 Å². The minimum absolute atomic E-state index is 0.148. The second-order valence-electron chi connectivity index (χ2n) is 8.72. The highest BCUT2D eigenvalue weighted by Gasteiger charge is 2.36. The SMILES string of the molecule is COc1ccc2c(c1)OC(C)(C)c1cnn(CCN3CCN(C(=O)c4cccs4)CC3)c1-2. The van der Waals surface area contributed by atoms with Crippen molar-refractivity contribution in [1.29, 1.82) is 0 Å². The Bertz CT molecular complexity index is 1110. The summed E-state index contributed by atoms with van der Waals surface area (Å²) in [4.78, 5) is 17.8. The second-order valence-corrected chi connectivity index (χ2v) is 9.66. The average Bonchev–Trinajstić information content (AvgIpc) is 3.48. The van der Waals surface area contributed by atoms with Gasteiger partial charge >= 0.3 is 0 Å². The Morgan fingerprint density at radius 1 is 1.19 bits per heavy atom. The topological polar surface area (TPSA) is 59.8 Å². The standard InChI is InChI=1S/C24H28N4O3S/c1-24(2)19-16-25-28(22(19)18-7-6-17(30-3)15-20(18)31-24)13-10-26-8-11-27(12-9-26)23(29)21-5-4-14-32-21/h4-7,14-16H,8-13H2,1-3H3. The van der Waals surface area contributed by atoms with Crippen LogP contribution in [0.25, 0.3) is 11.3 Å². The van der Waals surface area contributed by atoms with Crippen molar-refractivity contribution in [3.8, 4) is 22.8 Å². The van der Waals surface area contributed by atoms with Gasteiger partial charge in [-0.15, -0.1) is 11.3 Å². The zero-order valence-electron chi connectivity index (χ0n) is 18.7. The summed E-state index contributed by atoms with van der Waals surface area (Å²) in [6.45, 7) is 9.10. The number of benzene rings is 1. The fourth-order valence-corrected chi connectivity index (χ4v) is 5.18. The van der Waals surface area contributed by atoms with Crippen LogP contribution in [-0.4, -0.2) is 65.3 Å². The quantitative estimate of drug-likeness (QED) is 0.591. The summed E-state index contributed by atoms with van der Waals surface area (Å²) in [5, 5.41) is 6.67. The number of ether oxygens (including phenoxy) is 2. The van der Waals surface area contributed by atoms with Gasteiger partial charge in [0, 0.05) is 49.9 Å². The normalized spacial score (nSPS) is 17.4. The van der Waals surface area contributed by atoms with Crippen LogP contribution in [0, 0.1) is 0 Å². The minimum Gasteiger partial charge on any atom is -0.497 e. The molecule has 1 saturated heterocycles. The molecular formula is C24H28N4O3S. The van der Waals surface area contributed by atoms with E-state index >= 15 is 0 Å². The van der Waals surface area contributed by atoms with Gasteiger partial charge in [-0.05, 0) is 37.4 Å². The predicted octanol–water partition coefficient (Wildman–Crippen LogP) is 3.71. The van der Waals surface area contributed by atoms with Gasteiger partial charge in [-0.1, -0.05) is 6.07 Å². The number of methoxy groups -OCH3 is 1. The molecule has 0 aliphatic carbocycles. The largest absolute Gasteiger partial charge is 0.497 e. The molecule has 0 unspecified atom stereocenters. The number of carbonyl (C=O) groups is 1. The molecule has 2 aliphatic heterocycles. The lowest BCUT2D eigenvalue weighted by Gasteiger charge is -2.35. The van der Waals surface area contributed by atoms with Gasteiger partial charge < -0.3 is 14.4 Å². The van der Waals surface area contributed by atoms with Crippen LogP contribution in [0.1, 0.15) is 29.1 Å². The first kappa shape index (κ1) is 21.0. The monoisotopic (exact) mass is 452 g/mol. The van der Waals surface area contributed by atoms with E-state index < -0.39 is 5.60 Å². The van der Waals surface area contributed by atoms with Gasteiger partial charge in [0.05, 0.1) is 30.4 Å². The molecule has 3 aromatic rings. The van der Waals surface area contributed by atoms with Gasteiger partial charge in [-0.3, -0.25) is 14.4 Å². The van der Waals surface area contributed by atoms with Crippen molar-refractivity contribution >= 4 is 17.2 Å². The molecule has 1 fully saturated rings. The van der Waals surface area contributed by atoms with Gasteiger partial charge in [0.2, 0.25) is 0 Å². The van der Waals surface area contributed by atoms with Crippen molar-refractivity contribution in [1.82, 2.24) is 19.6 Å². The van der Waals surface area contributed by atoms with Crippen molar-refractivity contribution in [2.75, 3.05) is 39.8 Å². The summed E-state index contributed by atoms with van der Waals surface area (Å²) < 4.78 is 13.8. The summed E-state index contributed by atoms with van der Waals surface area (Å²) in [5.74, 6) is 1.75. The molecule has 0 radical (unpaired) electrons. The average molecular weight is 453 g/mol. The molecular weight excluding hydrogens is 424 g/mol. The molecule has 4 heterocycles. The Hall–Kier alpha value is -2.84. The molecule has 1 amide bonds. The number of piperazine rings is 1. The van der Waals surface area contributed by atoms with Crippen LogP contribution in [0.5, 0.6) is 11.5 Å². The van der Waals surface area contributed by atoms with Crippen LogP contribution in [0.15, 0.2) is 41.9 Å². The molecule has 0 saturated carbocycles. The number of fused-ring (bicyclic) bond motifs is 3. The molecule has 7 nitrogen and oxygen atoms in total. The molecule has 0 N–H and O–H groups in total.